The lowest BCUT2D eigenvalue weighted by Gasteiger charge is -2.12. The van der Waals surface area contributed by atoms with Gasteiger partial charge in [-0.25, -0.2) is 4.79 Å². The summed E-state index contributed by atoms with van der Waals surface area (Å²) in [5, 5.41) is 3.81. The predicted molar refractivity (Wildman–Crippen MR) is 99.3 cm³/mol. The van der Waals surface area contributed by atoms with Gasteiger partial charge in [0.05, 0.1) is 12.2 Å². The predicted octanol–water partition coefficient (Wildman–Crippen LogP) is 4.91. The van der Waals surface area contributed by atoms with Crippen LogP contribution in [0.4, 0.5) is 5.00 Å². The van der Waals surface area contributed by atoms with Gasteiger partial charge in [0.1, 0.15) is 5.00 Å². The molecule has 2 bridgehead atoms. The molecule has 1 aromatic rings. The molecule has 3 aliphatic carbocycles. The van der Waals surface area contributed by atoms with Crippen LogP contribution in [0.25, 0.3) is 0 Å². The van der Waals surface area contributed by atoms with Crippen LogP contribution in [0.2, 0.25) is 0 Å². The number of carbonyl (C=O) groups is 2. The van der Waals surface area contributed by atoms with E-state index in [1.807, 2.05) is 6.92 Å². The number of carbonyl (C=O) groups excluding carboxylic acids is 2. The van der Waals surface area contributed by atoms with Crippen LogP contribution in [-0.4, -0.2) is 18.5 Å². The van der Waals surface area contributed by atoms with Crippen molar-refractivity contribution in [1.82, 2.24) is 0 Å². The van der Waals surface area contributed by atoms with Crippen LogP contribution < -0.4 is 5.32 Å². The maximum Gasteiger partial charge on any atom is 0.341 e. The average Bonchev–Trinajstić information content (AvgIpc) is 3.02. The second kappa shape index (κ2) is 5.32. The largest absolute Gasteiger partial charge is 0.462 e. The summed E-state index contributed by atoms with van der Waals surface area (Å²) >= 11 is 1.61. The molecule has 0 aliphatic heterocycles. The van der Waals surface area contributed by atoms with E-state index in [2.05, 4.69) is 33.0 Å². The van der Waals surface area contributed by atoms with Crippen LogP contribution in [0.3, 0.4) is 0 Å². The van der Waals surface area contributed by atoms with Crippen molar-refractivity contribution in [3.8, 4) is 0 Å². The van der Waals surface area contributed by atoms with Gasteiger partial charge in [0, 0.05) is 10.8 Å². The van der Waals surface area contributed by atoms with E-state index in [9.17, 15) is 9.59 Å². The van der Waals surface area contributed by atoms with Crippen LogP contribution in [0.1, 0.15) is 86.5 Å². The van der Waals surface area contributed by atoms with Gasteiger partial charge < -0.3 is 10.1 Å². The fourth-order valence-corrected chi connectivity index (χ4v) is 6.61. The molecule has 2 fully saturated rings. The third-order valence-electron chi connectivity index (χ3n) is 7.18. The van der Waals surface area contributed by atoms with Crippen molar-refractivity contribution < 1.29 is 14.3 Å². The molecule has 2 unspecified atom stereocenters. The summed E-state index contributed by atoms with van der Waals surface area (Å²) in [6.07, 6.45) is 3.51. The van der Waals surface area contributed by atoms with Gasteiger partial charge >= 0.3 is 5.97 Å². The number of nitrogens with one attached hydrogen (secondary N) is 1. The zero-order chi connectivity index (χ0) is 18.1. The number of esters is 1. The standard InChI is InChI=1S/C20H27NO3S/c1-6-24-18(23)13-12-10-7-8-11(9-10)14(12)25-17(13)21-16(22)15-19(2,3)20(15,4)5/h10-11,15H,6-9H2,1-5H3,(H,21,22). The Labute approximate surface area is 153 Å². The highest BCUT2D eigenvalue weighted by Crippen LogP contribution is 2.68. The van der Waals surface area contributed by atoms with E-state index in [0.29, 0.717) is 29.0 Å². The quantitative estimate of drug-likeness (QED) is 0.775. The fraction of sp³-hybridized carbons (Fsp3) is 0.700. The number of ether oxygens (including phenoxy) is 1. The van der Waals surface area contributed by atoms with E-state index < -0.39 is 0 Å². The van der Waals surface area contributed by atoms with E-state index in [4.69, 9.17) is 4.74 Å². The van der Waals surface area contributed by atoms with Crippen molar-refractivity contribution in [2.75, 3.05) is 11.9 Å². The number of hydrogen-bond acceptors (Lipinski definition) is 4. The second-order valence-corrected chi connectivity index (χ2v) is 9.93. The van der Waals surface area contributed by atoms with Gasteiger partial charge in [-0.15, -0.1) is 11.3 Å². The molecule has 0 spiro atoms. The molecular formula is C20H27NO3S. The Morgan fingerprint density at radius 2 is 1.80 bits per heavy atom. The topological polar surface area (TPSA) is 55.4 Å². The summed E-state index contributed by atoms with van der Waals surface area (Å²) in [6.45, 7) is 10.7. The Bertz CT molecular complexity index is 747. The molecule has 0 radical (unpaired) electrons. The van der Waals surface area contributed by atoms with Crippen LogP contribution in [0, 0.1) is 16.7 Å². The Morgan fingerprint density at radius 1 is 1.16 bits per heavy atom. The molecule has 1 N–H and O–H groups in total. The Kier molecular flexibility index (Phi) is 3.63. The van der Waals surface area contributed by atoms with Gasteiger partial charge in [0.2, 0.25) is 5.91 Å². The summed E-state index contributed by atoms with van der Waals surface area (Å²) in [7, 11) is 0. The van der Waals surface area contributed by atoms with E-state index in [0.717, 1.165) is 12.8 Å². The number of thiophene rings is 1. The number of rotatable bonds is 4. The lowest BCUT2D eigenvalue weighted by molar-refractivity contribution is -0.118. The Balaban J connectivity index is 1.67. The van der Waals surface area contributed by atoms with Gasteiger partial charge in [-0.05, 0) is 54.4 Å². The maximum absolute atomic E-state index is 12.9. The molecular weight excluding hydrogens is 334 g/mol. The molecule has 4 nitrogen and oxygen atoms in total. The summed E-state index contributed by atoms with van der Waals surface area (Å²) in [4.78, 5) is 26.8. The summed E-state index contributed by atoms with van der Waals surface area (Å²) in [5.41, 5.74) is 1.78. The highest BCUT2D eigenvalue weighted by atomic mass is 32.1. The number of amides is 1. The van der Waals surface area contributed by atoms with E-state index in [1.54, 1.807) is 11.3 Å². The highest BCUT2D eigenvalue weighted by Gasteiger charge is 2.68. The molecule has 136 valence electrons. The average molecular weight is 362 g/mol. The Hall–Kier alpha value is -1.36. The molecule has 2 atom stereocenters. The van der Waals surface area contributed by atoms with E-state index in [1.165, 1.54) is 16.9 Å². The minimum absolute atomic E-state index is 0.0137. The molecule has 1 aromatic heterocycles. The molecule has 1 amide bonds. The molecule has 0 saturated heterocycles. The van der Waals surface area contributed by atoms with Crippen LogP contribution >= 0.6 is 11.3 Å². The molecule has 1 heterocycles. The van der Waals surface area contributed by atoms with Crippen LogP contribution in [-0.2, 0) is 9.53 Å². The molecule has 3 aliphatic rings. The van der Waals surface area contributed by atoms with Crippen LogP contribution in [0.5, 0.6) is 0 Å². The van der Waals surface area contributed by atoms with Crippen molar-refractivity contribution >= 4 is 28.2 Å². The van der Waals surface area contributed by atoms with Crippen LogP contribution in [0.15, 0.2) is 0 Å². The molecule has 25 heavy (non-hydrogen) atoms. The van der Waals surface area contributed by atoms with Gasteiger partial charge in [0.15, 0.2) is 0 Å². The van der Waals surface area contributed by atoms with Crippen molar-refractivity contribution in [2.45, 2.75) is 65.7 Å². The zero-order valence-corrected chi connectivity index (χ0v) is 16.5. The van der Waals surface area contributed by atoms with E-state index in [-0.39, 0.29) is 28.6 Å². The maximum atomic E-state index is 12.9. The van der Waals surface area contributed by atoms with Crippen molar-refractivity contribution in [1.29, 1.82) is 0 Å². The van der Waals surface area contributed by atoms with E-state index >= 15 is 0 Å². The first-order valence-electron chi connectivity index (χ1n) is 9.34. The van der Waals surface area contributed by atoms with Gasteiger partial charge in [-0.2, -0.15) is 0 Å². The SMILES string of the molecule is CCOC(=O)c1c(NC(=O)C2C(C)(C)C2(C)C)sc2c1C1CCC2C1. The summed E-state index contributed by atoms with van der Waals surface area (Å²) < 4.78 is 5.32. The normalized spacial score (nSPS) is 27.9. The summed E-state index contributed by atoms with van der Waals surface area (Å²) in [6, 6.07) is 0. The molecule has 2 saturated carbocycles. The third-order valence-corrected chi connectivity index (χ3v) is 8.47. The lowest BCUT2D eigenvalue weighted by Crippen LogP contribution is -2.19. The first-order valence-corrected chi connectivity index (χ1v) is 10.2. The number of fused-ring (bicyclic) bond motifs is 5. The number of hydrogen-bond donors (Lipinski definition) is 1. The lowest BCUT2D eigenvalue weighted by atomic mass is 9.95. The molecule has 4 rings (SSSR count). The highest BCUT2D eigenvalue weighted by molar-refractivity contribution is 7.17. The molecule has 5 heteroatoms. The second-order valence-electron chi connectivity index (χ2n) is 8.88. The summed E-state index contributed by atoms with van der Waals surface area (Å²) in [5.74, 6) is 0.765. The smallest absolute Gasteiger partial charge is 0.341 e. The number of anilines is 1. The van der Waals surface area contributed by atoms with Gasteiger partial charge in [-0.1, -0.05) is 27.7 Å². The van der Waals surface area contributed by atoms with Crippen molar-refractivity contribution in [3.05, 3.63) is 16.0 Å². The van der Waals surface area contributed by atoms with Crippen molar-refractivity contribution in [3.63, 3.8) is 0 Å². The monoisotopic (exact) mass is 361 g/mol. The van der Waals surface area contributed by atoms with Gasteiger partial charge in [-0.3, -0.25) is 4.79 Å². The first kappa shape index (κ1) is 17.1. The third kappa shape index (κ3) is 2.24. The van der Waals surface area contributed by atoms with Gasteiger partial charge in [0.25, 0.3) is 0 Å². The minimum Gasteiger partial charge on any atom is -0.462 e. The van der Waals surface area contributed by atoms with Crippen molar-refractivity contribution in [2.24, 2.45) is 16.7 Å². The Morgan fingerprint density at radius 3 is 2.40 bits per heavy atom. The molecule has 0 aromatic carbocycles. The first-order chi connectivity index (χ1) is 11.7. The fourth-order valence-electron chi connectivity index (χ4n) is 5.18. The minimum atomic E-state index is -0.280. The zero-order valence-electron chi connectivity index (χ0n) is 15.7.